The topological polar surface area (TPSA) is 68.8 Å². The van der Waals surface area contributed by atoms with Crippen molar-refractivity contribution in [3.63, 3.8) is 0 Å². The van der Waals surface area contributed by atoms with E-state index in [2.05, 4.69) is 10.6 Å². The first-order valence-corrected chi connectivity index (χ1v) is 6.68. The first-order valence-electron chi connectivity index (χ1n) is 6.68. The maximum absolute atomic E-state index is 11.3. The first kappa shape index (κ1) is 14.5. The molecule has 0 aromatic heterocycles. The third-order valence-corrected chi connectivity index (χ3v) is 2.88. The molecule has 0 bridgehead atoms. The van der Waals surface area contributed by atoms with Crippen molar-refractivity contribution in [3.8, 4) is 17.2 Å². The summed E-state index contributed by atoms with van der Waals surface area (Å²) in [5, 5.41) is 5.81. The van der Waals surface area contributed by atoms with Crippen molar-refractivity contribution in [1.29, 1.82) is 0 Å². The van der Waals surface area contributed by atoms with E-state index in [9.17, 15) is 4.79 Å². The van der Waals surface area contributed by atoms with Crippen molar-refractivity contribution in [2.45, 2.75) is 13.5 Å². The monoisotopic (exact) mass is 280 g/mol. The molecule has 110 valence electrons. The van der Waals surface area contributed by atoms with Gasteiger partial charge >= 0.3 is 0 Å². The summed E-state index contributed by atoms with van der Waals surface area (Å²) < 4.78 is 16.4. The summed E-state index contributed by atoms with van der Waals surface area (Å²) in [5.74, 6) is 1.96. The summed E-state index contributed by atoms with van der Waals surface area (Å²) >= 11 is 0. The zero-order valence-corrected chi connectivity index (χ0v) is 11.8. The number of amides is 1. The highest BCUT2D eigenvalue weighted by Crippen LogP contribution is 2.40. The van der Waals surface area contributed by atoms with Gasteiger partial charge in [0.2, 0.25) is 11.7 Å². The van der Waals surface area contributed by atoms with Gasteiger partial charge in [0, 0.05) is 13.1 Å². The minimum absolute atomic E-state index is 0.0167. The van der Waals surface area contributed by atoms with Gasteiger partial charge in [-0.05, 0) is 24.6 Å². The van der Waals surface area contributed by atoms with Gasteiger partial charge in [0.25, 0.3) is 0 Å². The molecule has 1 aromatic rings. The third kappa shape index (κ3) is 3.54. The van der Waals surface area contributed by atoms with E-state index in [4.69, 9.17) is 14.2 Å². The van der Waals surface area contributed by atoms with Crippen LogP contribution in [0.2, 0.25) is 0 Å². The highest BCUT2D eigenvalue weighted by Gasteiger charge is 2.18. The van der Waals surface area contributed by atoms with Crippen molar-refractivity contribution < 1.29 is 19.0 Å². The molecule has 2 rings (SSSR count). The molecular formula is C14H20N2O4. The Morgan fingerprint density at radius 2 is 2.15 bits per heavy atom. The Labute approximate surface area is 118 Å². The van der Waals surface area contributed by atoms with Gasteiger partial charge < -0.3 is 24.8 Å². The maximum atomic E-state index is 11.3. The number of rotatable bonds is 6. The maximum Gasteiger partial charge on any atom is 0.233 e. The Balaban J connectivity index is 2.00. The van der Waals surface area contributed by atoms with Crippen LogP contribution in [0.4, 0.5) is 0 Å². The zero-order chi connectivity index (χ0) is 14.4. The summed E-state index contributed by atoms with van der Waals surface area (Å²) in [6, 6.07) is 3.79. The van der Waals surface area contributed by atoms with Crippen LogP contribution in [0.25, 0.3) is 0 Å². The van der Waals surface area contributed by atoms with Crippen molar-refractivity contribution in [3.05, 3.63) is 17.7 Å². The second kappa shape index (κ2) is 7.00. The molecule has 0 saturated carbocycles. The summed E-state index contributed by atoms with van der Waals surface area (Å²) in [5.41, 5.74) is 0.982. The van der Waals surface area contributed by atoms with Gasteiger partial charge in [-0.2, -0.15) is 0 Å². The quantitative estimate of drug-likeness (QED) is 0.802. The van der Waals surface area contributed by atoms with Crippen LogP contribution in [0, 0.1) is 0 Å². The molecule has 0 fully saturated rings. The Kier molecular flexibility index (Phi) is 5.06. The minimum Gasteiger partial charge on any atom is -0.493 e. The summed E-state index contributed by atoms with van der Waals surface area (Å²) in [7, 11) is 1.60. The molecule has 1 aromatic carbocycles. The molecule has 1 aliphatic heterocycles. The number of carbonyl (C=O) groups is 1. The van der Waals surface area contributed by atoms with Gasteiger partial charge in [0.15, 0.2) is 11.5 Å². The SMILES string of the molecule is CCNC(=O)CNCc1cc(OC)c2c(c1)OCCO2. The van der Waals surface area contributed by atoms with Gasteiger partial charge in [-0.3, -0.25) is 4.79 Å². The fourth-order valence-corrected chi connectivity index (χ4v) is 2.01. The van der Waals surface area contributed by atoms with E-state index in [1.807, 2.05) is 19.1 Å². The Bertz CT molecular complexity index is 459. The molecule has 1 aliphatic rings. The van der Waals surface area contributed by atoms with Gasteiger partial charge in [-0.1, -0.05) is 0 Å². The fraction of sp³-hybridized carbons (Fsp3) is 0.500. The largest absolute Gasteiger partial charge is 0.493 e. The lowest BCUT2D eigenvalue weighted by Crippen LogP contribution is -2.33. The molecule has 20 heavy (non-hydrogen) atoms. The van der Waals surface area contributed by atoms with E-state index < -0.39 is 0 Å². The van der Waals surface area contributed by atoms with Crippen LogP contribution in [0.1, 0.15) is 12.5 Å². The van der Waals surface area contributed by atoms with Crippen LogP contribution >= 0.6 is 0 Å². The van der Waals surface area contributed by atoms with E-state index in [0.717, 1.165) is 5.56 Å². The van der Waals surface area contributed by atoms with E-state index >= 15 is 0 Å². The van der Waals surface area contributed by atoms with Crippen molar-refractivity contribution >= 4 is 5.91 Å². The van der Waals surface area contributed by atoms with Crippen molar-refractivity contribution in [2.24, 2.45) is 0 Å². The fourth-order valence-electron chi connectivity index (χ4n) is 2.01. The first-order chi connectivity index (χ1) is 9.74. The second-order valence-corrected chi connectivity index (χ2v) is 4.38. The number of nitrogens with one attached hydrogen (secondary N) is 2. The summed E-state index contributed by atoms with van der Waals surface area (Å²) in [4.78, 5) is 11.3. The predicted molar refractivity (Wildman–Crippen MR) is 74.4 cm³/mol. The average molecular weight is 280 g/mol. The molecule has 0 aliphatic carbocycles. The van der Waals surface area contributed by atoms with Crippen LogP contribution in [0.3, 0.4) is 0 Å². The highest BCUT2D eigenvalue weighted by atomic mass is 16.6. The number of ether oxygens (including phenoxy) is 3. The number of benzene rings is 1. The number of hydrogen-bond acceptors (Lipinski definition) is 5. The molecule has 6 heteroatoms. The average Bonchev–Trinajstić information content (AvgIpc) is 2.46. The molecule has 1 heterocycles. The van der Waals surface area contributed by atoms with Crippen LogP contribution in [0.15, 0.2) is 12.1 Å². The normalized spacial score (nSPS) is 12.9. The molecule has 0 unspecified atom stereocenters. The zero-order valence-electron chi connectivity index (χ0n) is 11.8. The van der Waals surface area contributed by atoms with Crippen LogP contribution in [-0.2, 0) is 11.3 Å². The molecule has 0 spiro atoms. The van der Waals surface area contributed by atoms with E-state index in [-0.39, 0.29) is 12.5 Å². The molecule has 0 saturated heterocycles. The van der Waals surface area contributed by atoms with Crippen LogP contribution in [0.5, 0.6) is 17.2 Å². The lowest BCUT2D eigenvalue weighted by atomic mass is 10.1. The number of fused-ring (bicyclic) bond motifs is 1. The van der Waals surface area contributed by atoms with E-state index in [1.165, 1.54) is 0 Å². The van der Waals surface area contributed by atoms with E-state index in [1.54, 1.807) is 7.11 Å². The standard InChI is InChI=1S/C14H20N2O4/c1-3-16-13(17)9-15-8-10-6-11(18-2)14-12(7-10)19-4-5-20-14/h6-7,15H,3-5,8-9H2,1-2H3,(H,16,17). The van der Waals surface area contributed by atoms with Gasteiger partial charge in [0.1, 0.15) is 13.2 Å². The number of carbonyl (C=O) groups excluding carboxylic acids is 1. The smallest absolute Gasteiger partial charge is 0.233 e. The van der Waals surface area contributed by atoms with Gasteiger partial charge in [-0.25, -0.2) is 0 Å². The van der Waals surface area contributed by atoms with Crippen molar-refractivity contribution in [1.82, 2.24) is 10.6 Å². The lowest BCUT2D eigenvalue weighted by molar-refractivity contribution is -0.120. The predicted octanol–water partition coefficient (Wildman–Crippen LogP) is 0.692. The van der Waals surface area contributed by atoms with E-state index in [0.29, 0.717) is 43.6 Å². The Morgan fingerprint density at radius 3 is 2.90 bits per heavy atom. The molecule has 2 N–H and O–H groups in total. The Hall–Kier alpha value is -1.95. The molecule has 6 nitrogen and oxygen atoms in total. The highest BCUT2D eigenvalue weighted by molar-refractivity contribution is 5.77. The molecular weight excluding hydrogens is 260 g/mol. The minimum atomic E-state index is -0.0167. The van der Waals surface area contributed by atoms with Gasteiger partial charge in [-0.15, -0.1) is 0 Å². The molecule has 0 atom stereocenters. The van der Waals surface area contributed by atoms with Crippen LogP contribution in [-0.4, -0.2) is 39.3 Å². The third-order valence-electron chi connectivity index (χ3n) is 2.88. The van der Waals surface area contributed by atoms with Gasteiger partial charge in [0.05, 0.1) is 13.7 Å². The molecule has 0 radical (unpaired) electrons. The summed E-state index contributed by atoms with van der Waals surface area (Å²) in [6.07, 6.45) is 0. The summed E-state index contributed by atoms with van der Waals surface area (Å²) in [6.45, 7) is 4.43. The second-order valence-electron chi connectivity index (χ2n) is 4.38. The number of hydrogen-bond donors (Lipinski definition) is 2. The van der Waals surface area contributed by atoms with Crippen LogP contribution < -0.4 is 24.8 Å². The molecule has 1 amide bonds. The number of methoxy groups -OCH3 is 1. The Morgan fingerprint density at radius 1 is 1.35 bits per heavy atom. The lowest BCUT2D eigenvalue weighted by Gasteiger charge is -2.21. The van der Waals surface area contributed by atoms with Crippen molar-refractivity contribution in [2.75, 3.05) is 33.4 Å². The number of likely N-dealkylation sites (N-methyl/N-ethyl adjacent to an activating group) is 1.